The lowest BCUT2D eigenvalue weighted by Crippen LogP contribution is -2.58. The summed E-state index contributed by atoms with van der Waals surface area (Å²) in [7, 11) is 0. The van der Waals surface area contributed by atoms with E-state index in [9.17, 15) is 19.5 Å². The second-order valence-electron chi connectivity index (χ2n) is 10.7. The van der Waals surface area contributed by atoms with Crippen LogP contribution in [0.2, 0.25) is 0 Å². The maximum atomic E-state index is 13.5. The summed E-state index contributed by atoms with van der Waals surface area (Å²) >= 11 is 0. The van der Waals surface area contributed by atoms with Gasteiger partial charge in [0, 0.05) is 18.5 Å². The minimum atomic E-state index is -0.826. The molecule has 4 rings (SSSR count). The number of piperidine rings is 1. The smallest absolute Gasteiger partial charge is 0.407 e. The van der Waals surface area contributed by atoms with Crippen molar-refractivity contribution in [3.05, 3.63) is 59.7 Å². The highest BCUT2D eigenvalue weighted by atomic mass is 16.5. The highest BCUT2D eigenvalue weighted by Crippen LogP contribution is 2.44. The first-order valence-corrected chi connectivity index (χ1v) is 12.2. The molecule has 35 heavy (non-hydrogen) atoms. The fourth-order valence-electron chi connectivity index (χ4n) is 5.30. The van der Waals surface area contributed by atoms with Gasteiger partial charge >= 0.3 is 12.1 Å². The molecule has 2 aromatic carbocycles. The molecule has 2 aliphatic rings. The third-order valence-corrected chi connectivity index (χ3v) is 7.23. The van der Waals surface area contributed by atoms with Crippen molar-refractivity contribution in [2.24, 2.45) is 11.3 Å². The number of carbonyl (C=O) groups is 3. The number of hydrogen-bond acceptors (Lipinski definition) is 4. The van der Waals surface area contributed by atoms with E-state index in [0.717, 1.165) is 22.3 Å². The molecular formula is C28H34N2O5. The molecule has 7 heteroatoms. The maximum absolute atomic E-state index is 13.5. The summed E-state index contributed by atoms with van der Waals surface area (Å²) in [6.07, 6.45) is 0.184. The maximum Gasteiger partial charge on any atom is 0.407 e. The molecular weight excluding hydrogens is 444 g/mol. The van der Waals surface area contributed by atoms with Crippen molar-refractivity contribution in [3.63, 3.8) is 0 Å². The lowest BCUT2D eigenvalue weighted by atomic mass is 9.84. The number of hydrogen-bond donors (Lipinski definition) is 2. The van der Waals surface area contributed by atoms with Crippen LogP contribution >= 0.6 is 0 Å². The van der Waals surface area contributed by atoms with E-state index in [1.165, 1.54) is 0 Å². The summed E-state index contributed by atoms with van der Waals surface area (Å²) in [5.74, 6) is -1.54. The predicted octanol–water partition coefficient (Wildman–Crippen LogP) is 4.65. The first-order valence-electron chi connectivity index (χ1n) is 12.2. The largest absolute Gasteiger partial charge is 0.481 e. The van der Waals surface area contributed by atoms with Crippen molar-refractivity contribution in [1.29, 1.82) is 0 Å². The molecule has 186 valence electrons. The second kappa shape index (κ2) is 9.72. The van der Waals surface area contributed by atoms with Crippen LogP contribution in [0.1, 0.15) is 57.6 Å². The second-order valence-corrected chi connectivity index (χ2v) is 10.7. The molecule has 0 spiro atoms. The first-order chi connectivity index (χ1) is 16.6. The number of likely N-dealkylation sites (tertiary alicyclic amines) is 1. The molecule has 1 aliphatic carbocycles. The SMILES string of the molecule is C[C@H]1C[C@@H](C(=O)O)CCN1C(=O)[C@H](NC(=O)OCC1c2ccccc2-c2ccccc21)C(C)(C)C. The molecule has 0 saturated carbocycles. The number of carbonyl (C=O) groups excluding carboxylic acids is 2. The zero-order valence-corrected chi connectivity index (χ0v) is 20.8. The van der Waals surface area contributed by atoms with Gasteiger partial charge in [0.2, 0.25) is 5.91 Å². The number of nitrogens with one attached hydrogen (secondary N) is 1. The topological polar surface area (TPSA) is 95.9 Å². The van der Waals surface area contributed by atoms with Crippen molar-refractivity contribution < 1.29 is 24.2 Å². The van der Waals surface area contributed by atoms with Gasteiger partial charge in [-0.1, -0.05) is 69.3 Å². The number of carboxylic acid groups (broad SMARTS) is 1. The monoisotopic (exact) mass is 478 g/mol. The average Bonchev–Trinajstić information content (AvgIpc) is 3.13. The van der Waals surface area contributed by atoms with Crippen LogP contribution in [0, 0.1) is 11.3 Å². The number of rotatable bonds is 5. The van der Waals surface area contributed by atoms with E-state index in [1.807, 2.05) is 52.0 Å². The molecule has 0 unspecified atom stereocenters. The van der Waals surface area contributed by atoms with Crippen LogP contribution in [0.5, 0.6) is 0 Å². The van der Waals surface area contributed by atoms with Crippen molar-refractivity contribution in [2.45, 2.75) is 58.5 Å². The molecule has 0 aromatic heterocycles. The summed E-state index contributed by atoms with van der Waals surface area (Å²) < 4.78 is 5.68. The molecule has 1 saturated heterocycles. The van der Waals surface area contributed by atoms with Crippen LogP contribution in [0.4, 0.5) is 4.79 Å². The Bertz CT molecular complexity index is 1080. The molecule has 0 bridgehead atoms. The fourth-order valence-corrected chi connectivity index (χ4v) is 5.30. The number of ether oxygens (including phenoxy) is 1. The van der Waals surface area contributed by atoms with Crippen LogP contribution < -0.4 is 5.32 Å². The number of amides is 2. The molecule has 1 heterocycles. The number of nitrogens with zero attached hydrogens (tertiary/aromatic N) is 1. The number of fused-ring (bicyclic) bond motifs is 3. The highest BCUT2D eigenvalue weighted by molar-refractivity contribution is 5.87. The van der Waals surface area contributed by atoms with Gasteiger partial charge in [0.05, 0.1) is 5.92 Å². The average molecular weight is 479 g/mol. The Hall–Kier alpha value is -3.35. The van der Waals surface area contributed by atoms with Gasteiger partial charge in [0.1, 0.15) is 12.6 Å². The van der Waals surface area contributed by atoms with E-state index < -0.39 is 29.4 Å². The summed E-state index contributed by atoms with van der Waals surface area (Å²) in [6.45, 7) is 8.08. The van der Waals surface area contributed by atoms with Crippen LogP contribution in [-0.2, 0) is 14.3 Å². The van der Waals surface area contributed by atoms with Crippen LogP contribution in [-0.4, -0.2) is 53.2 Å². The third-order valence-electron chi connectivity index (χ3n) is 7.23. The van der Waals surface area contributed by atoms with E-state index in [1.54, 1.807) is 4.90 Å². The van der Waals surface area contributed by atoms with Crippen molar-refractivity contribution in [3.8, 4) is 11.1 Å². The van der Waals surface area contributed by atoms with Gasteiger partial charge in [0.15, 0.2) is 0 Å². The molecule has 1 fully saturated rings. The van der Waals surface area contributed by atoms with Gasteiger partial charge in [-0.15, -0.1) is 0 Å². The normalized spacial score (nSPS) is 20.5. The van der Waals surface area contributed by atoms with Gasteiger partial charge in [-0.3, -0.25) is 9.59 Å². The van der Waals surface area contributed by atoms with Crippen molar-refractivity contribution in [1.82, 2.24) is 10.2 Å². The van der Waals surface area contributed by atoms with E-state index in [4.69, 9.17) is 4.74 Å². The van der Waals surface area contributed by atoms with E-state index in [2.05, 4.69) is 29.6 Å². The minimum absolute atomic E-state index is 0.0630. The zero-order valence-electron chi connectivity index (χ0n) is 20.8. The Morgan fingerprint density at radius 1 is 1.06 bits per heavy atom. The van der Waals surface area contributed by atoms with Crippen LogP contribution in [0.15, 0.2) is 48.5 Å². The molecule has 2 amide bonds. The van der Waals surface area contributed by atoms with Crippen LogP contribution in [0.25, 0.3) is 11.1 Å². The Balaban J connectivity index is 1.44. The highest BCUT2D eigenvalue weighted by Gasteiger charge is 2.40. The fraction of sp³-hybridized carbons (Fsp3) is 0.464. The van der Waals surface area contributed by atoms with Gasteiger partial charge in [-0.2, -0.15) is 0 Å². The molecule has 2 N–H and O–H groups in total. The zero-order chi connectivity index (χ0) is 25.3. The number of benzene rings is 2. The molecule has 0 radical (unpaired) electrons. The van der Waals surface area contributed by atoms with Crippen molar-refractivity contribution >= 4 is 18.0 Å². The lowest BCUT2D eigenvalue weighted by Gasteiger charge is -2.41. The molecule has 1 aliphatic heterocycles. The van der Waals surface area contributed by atoms with Gasteiger partial charge in [0.25, 0.3) is 0 Å². The molecule has 7 nitrogen and oxygen atoms in total. The van der Waals surface area contributed by atoms with E-state index in [-0.39, 0.29) is 24.5 Å². The van der Waals surface area contributed by atoms with E-state index in [0.29, 0.717) is 19.4 Å². The summed E-state index contributed by atoms with van der Waals surface area (Å²) in [5.41, 5.74) is 4.00. The summed E-state index contributed by atoms with van der Waals surface area (Å²) in [5, 5.41) is 12.1. The Morgan fingerprint density at radius 2 is 1.63 bits per heavy atom. The summed E-state index contributed by atoms with van der Waals surface area (Å²) in [4.78, 5) is 39.4. The van der Waals surface area contributed by atoms with Gasteiger partial charge in [-0.25, -0.2) is 4.79 Å². The Morgan fingerprint density at radius 3 is 2.14 bits per heavy atom. The first kappa shape index (κ1) is 24.8. The quantitative estimate of drug-likeness (QED) is 0.652. The Labute approximate surface area is 206 Å². The number of alkyl carbamates (subject to hydrolysis) is 1. The van der Waals surface area contributed by atoms with Crippen LogP contribution in [0.3, 0.4) is 0 Å². The summed E-state index contributed by atoms with van der Waals surface area (Å²) in [6, 6.07) is 15.3. The van der Waals surface area contributed by atoms with E-state index >= 15 is 0 Å². The lowest BCUT2D eigenvalue weighted by molar-refractivity contribution is -0.149. The number of carboxylic acids is 1. The third kappa shape index (κ3) is 5.04. The number of aliphatic carboxylic acids is 1. The standard InChI is InChI=1S/C28H34N2O5/c1-17-15-18(26(32)33)13-14-30(17)25(31)24(28(2,3)4)29-27(34)35-16-23-21-11-7-5-9-19(21)20-10-6-8-12-22(20)23/h5-12,17-18,23-24H,13-16H2,1-4H3,(H,29,34)(H,32,33)/t17-,18-,24-/m0/s1. The molecule has 2 aromatic rings. The molecule has 3 atom stereocenters. The van der Waals surface area contributed by atoms with Crippen molar-refractivity contribution in [2.75, 3.05) is 13.2 Å². The van der Waals surface area contributed by atoms with Gasteiger partial charge in [-0.05, 0) is 47.4 Å². The Kier molecular flexibility index (Phi) is 6.88. The van der Waals surface area contributed by atoms with Gasteiger partial charge < -0.3 is 20.1 Å². The predicted molar refractivity (Wildman–Crippen MR) is 133 cm³/mol. The minimum Gasteiger partial charge on any atom is -0.481 e.